The molecule has 2 saturated heterocycles. The van der Waals surface area contributed by atoms with Gasteiger partial charge in [-0.1, -0.05) is 5.11 Å². The number of carbonyl (C=O) groups is 1. The maximum atomic E-state index is 11.9. The highest BCUT2D eigenvalue weighted by Crippen LogP contribution is 2.63. The zero-order chi connectivity index (χ0) is 10.6. The molecular formula is C9H12N4O2. The molecule has 15 heavy (non-hydrogen) atoms. The fraction of sp³-hybridized carbons (Fsp3) is 0.889. The highest BCUT2D eigenvalue weighted by Gasteiger charge is 2.71. The fourth-order valence-electron chi connectivity index (χ4n) is 3.40. The van der Waals surface area contributed by atoms with Crippen molar-refractivity contribution in [3.63, 3.8) is 0 Å². The minimum Gasteiger partial charge on any atom is -0.394 e. The van der Waals surface area contributed by atoms with Gasteiger partial charge in [0.05, 0.1) is 12.6 Å². The van der Waals surface area contributed by atoms with E-state index in [1.165, 1.54) is 0 Å². The summed E-state index contributed by atoms with van der Waals surface area (Å²) < 4.78 is 0. The van der Waals surface area contributed by atoms with Gasteiger partial charge in [0.15, 0.2) is 0 Å². The molecule has 3 rings (SSSR count). The Labute approximate surface area is 86.5 Å². The van der Waals surface area contributed by atoms with Gasteiger partial charge >= 0.3 is 0 Å². The van der Waals surface area contributed by atoms with E-state index in [4.69, 9.17) is 5.53 Å². The lowest BCUT2D eigenvalue weighted by atomic mass is 10.1. The number of hydrogen-bond donors (Lipinski definition) is 1. The molecule has 1 spiro atoms. The first-order chi connectivity index (χ1) is 7.23. The second kappa shape index (κ2) is 2.65. The fourth-order valence-corrected chi connectivity index (χ4v) is 3.40. The Kier molecular flexibility index (Phi) is 1.59. The van der Waals surface area contributed by atoms with Gasteiger partial charge in [0.25, 0.3) is 0 Å². The molecule has 6 heteroatoms. The Morgan fingerprint density at radius 2 is 2.47 bits per heavy atom. The number of nitrogens with zero attached hydrogens (tertiary/aromatic N) is 4. The van der Waals surface area contributed by atoms with Crippen molar-refractivity contribution in [2.45, 2.75) is 36.9 Å². The summed E-state index contributed by atoms with van der Waals surface area (Å²) in [6, 6.07) is -0.579. The molecule has 3 fully saturated rings. The predicted octanol–water partition coefficient (Wildman–Crippen LogP) is 0.421. The second-order valence-corrected chi connectivity index (χ2v) is 4.71. The van der Waals surface area contributed by atoms with Gasteiger partial charge in [0.1, 0.15) is 6.04 Å². The average molecular weight is 208 g/mol. The topological polar surface area (TPSA) is 89.3 Å². The predicted molar refractivity (Wildman–Crippen MR) is 50.7 cm³/mol. The van der Waals surface area contributed by atoms with Gasteiger partial charge in [0, 0.05) is 10.5 Å². The molecule has 1 saturated carbocycles. The lowest BCUT2D eigenvalue weighted by Gasteiger charge is -2.26. The minimum atomic E-state index is -0.533. The third kappa shape index (κ3) is 0.931. The maximum Gasteiger partial charge on any atom is 0.232 e. The van der Waals surface area contributed by atoms with Gasteiger partial charge in [-0.2, -0.15) is 0 Å². The molecule has 4 atom stereocenters. The van der Waals surface area contributed by atoms with Crippen molar-refractivity contribution in [1.29, 1.82) is 0 Å². The van der Waals surface area contributed by atoms with Gasteiger partial charge in [0.2, 0.25) is 5.91 Å². The van der Waals surface area contributed by atoms with Crippen molar-refractivity contribution in [2.24, 2.45) is 11.0 Å². The highest BCUT2D eigenvalue weighted by atomic mass is 16.3. The number of amides is 1. The molecule has 0 aromatic carbocycles. The molecule has 1 amide bonds. The van der Waals surface area contributed by atoms with Crippen molar-refractivity contribution < 1.29 is 9.90 Å². The zero-order valence-corrected chi connectivity index (χ0v) is 8.20. The first-order valence-electron chi connectivity index (χ1n) is 5.21. The van der Waals surface area contributed by atoms with Crippen LogP contribution >= 0.6 is 0 Å². The Balaban J connectivity index is 1.92. The largest absolute Gasteiger partial charge is 0.394 e. The van der Waals surface area contributed by atoms with Crippen LogP contribution in [0.2, 0.25) is 0 Å². The van der Waals surface area contributed by atoms with E-state index in [-0.39, 0.29) is 24.1 Å². The summed E-state index contributed by atoms with van der Waals surface area (Å²) in [5.74, 6) is 0.435. The van der Waals surface area contributed by atoms with E-state index in [9.17, 15) is 9.90 Å². The molecular weight excluding hydrogens is 196 g/mol. The summed E-state index contributed by atoms with van der Waals surface area (Å²) in [6.45, 7) is 0.0208. The van der Waals surface area contributed by atoms with Crippen molar-refractivity contribution in [3.05, 3.63) is 10.4 Å². The third-order valence-corrected chi connectivity index (χ3v) is 4.07. The van der Waals surface area contributed by atoms with Crippen molar-refractivity contribution >= 4 is 5.91 Å². The Hall–Kier alpha value is -1.26. The van der Waals surface area contributed by atoms with Crippen LogP contribution < -0.4 is 0 Å². The van der Waals surface area contributed by atoms with Crippen LogP contribution in [0.3, 0.4) is 0 Å². The smallest absolute Gasteiger partial charge is 0.232 e. The SMILES string of the molecule is [N-]=[N+]=N[C@H]1C[C@]23C[C@H]2C[C@H](CO)N3C1=O. The Bertz CT molecular complexity index is 378. The van der Waals surface area contributed by atoms with E-state index >= 15 is 0 Å². The normalized spacial score (nSPS) is 46.1. The number of hydrogen-bond acceptors (Lipinski definition) is 3. The summed E-state index contributed by atoms with van der Waals surface area (Å²) in [4.78, 5) is 16.4. The highest BCUT2D eigenvalue weighted by molar-refractivity contribution is 5.87. The standard InChI is InChI=1S/C9H12N4O2/c10-12-11-7-3-9-2-5(9)1-6(4-14)13(9)8(7)15/h5-7,14H,1-4H2/t5-,6-,7+,9-/m1/s1. The van der Waals surface area contributed by atoms with E-state index in [1.54, 1.807) is 4.90 Å². The number of aliphatic hydroxyl groups excluding tert-OH is 1. The molecule has 0 aromatic heterocycles. The monoisotopic (exact) mass is 208 g/mol. The van der Waals surface area contributed by atoms with E-state index in [0.29, 0.717) is 12.3 Å². The van der Waals surface area contributed by atoms with E-state index in [2.05, 4.69) is 10.0 Å². The van der Waals surface area contributed by atoms with Gasteiger partial charge in [-0.25, -0.2) is 0 Å². The number of carbonyl (C=O) groups excluding carboxylic acids is 1. The molecule has 2 heterocycles. The van der Waals surface area contributed by atoms with Crippen LogP contribution in [0.15, 0.2) is 5.11 Å². The van der Waals surface area contributed by atoms with Crippen LogP contribution in [0.5, 0.6) is 0 Å². The molecule has 0 unspecified atom stereocenters. The summed E-state index contributed by atoms with van der Waals surface area (Å²) in [6.07, 6.45) is 2.58. The minimum absolute atomic E-state index is 0.0208. The lowest BCUT2D eigenvalue weighted by Crippen LogP contribution is -2.42. The Morgan fingerprint density at radius 1 is 1.67 bits per heavy atom. The second-order valence-electron chi connectivity index (χ2n) is 4.71. The van der Waals surface area contributed by atoms with Crippen molar-refractivity contribution in [3.8, 4) is 0 Å². The third-order valence-electron chi connectivity index (χ3n) is 4.07. The summed E-state index contributed by atoms with van der Waals surface area (Å²) in [5, 5.41) is 12.7. The Morgan fingerprint density at radius 3 is 3.13 bits per heavy atom. The zero-order valence-electron chi connectivity index (χ0n) is 8.20. The molecule has 1 N–H and O–H groups in total. The summed E-state index contributed by atoms with van der Waals surface area (Å²) >= 11 is 0. The van der Waals surface area contributed by atoms with Crippen LogP contribution in [-0.4, -0.2) is 40.1 Å². The molecule has 80 valence electrons. The van der Waals surface area contributed by atoms with Crippen molar-refractivity contribution in [2.75, 3.05) is 6.61 Å². The summed E-state index contributed by atoms with van der Waals surface area (Å²) in [5.41, 5.74) is 8.31. The van der Waals surface area contributed by atoms with Crippen LogP contribution in [0.1, 0.15) is 19.3 Å². The quantitative estimate of drug-likeness (QED) is 0.405. The molecule has 0 aromatic rings. The first kappa shape index (κ1) is 9.00. The van der Waals surface area contributed by atoms with Crippen LogP contribution in [-0.2, 0) is 4.79 Å². The molecule has 3 aliphatic rings. The van der Waals surface area contributed by atoms with E-state index in [0.717, 1.165) is 12.8 Å². The number of azide groups is 1. The van der Waals surface area contributed by atoms with Crippen LogP contribution in [0.25, 0.3) is 10.4 Å². The van der Waals surface area contributed by atoms with Crippen LogP contribution in [0.4, 0.5) is 0 Å². The van der Waals surface area contributed by atoms with Crippen molar-refractivity contribution in [1.82, 2.24) is 4.90 Å². The van der Waals surface area contributed by atoms with Gasteiger partial charge in [-0.05, 0) is 30.7 Å². The van der Waals surface area contributed by atoms with Gasteiger partial charge in [-0.15, -0.1) is 0 Å². The summed E-state index contributed by atoms with van der Waals surface area (Å²) in [7, 11) is 0. The van der Waals surface area contributed by atoms with Crippen LogP contribution in [0, 0.1) is 5.92 Å². The average Bonchev–Trinajstić information content (AvgIpc) is 2.70. The van der Waals surface area contributed by atoms with Gasteiger partial charge in [-0.3, -0.25) is 4.79 Å². The maximum absolute atomic E-state index is 11.9. The molecule has 0 bridgehead atoms. The molecule has 2 aliphatic heterocycles. The van der Waals surface area contributed by atoms with E-state index < -0.39 is 6.04 Å². The number of aliphatic hydroxyl groups is 1. The molecule has 1 aliphatic carbocycles. The number of piperidine rings is 1. The van der Waals surface area contributed by atoms with E-state index in [1.807, 2.05) is 0 Å². The lowest BCUT2D eigenvalue weighted by molar-refractivity contribution is -0.132. The van der Waals surface area contributed by atoms with Gasteiger partial charge < -0.3 is 10.0 Å². The molecule has 6 nitrogen and oxygen atoms in total. The first-order valence-corrected chi connectivity index (χ1v) is 5.21. The number of rotatable bonds is 2. The molecule has 0 radical (unpaired) electrons.